The van der Waals surface area contributed by atoms with Crippen LogP contribution in [-0.4, -0.2) is 70.1 Å². The fourth-order valence-corrected chi connectivity index (χ4v) is 8.21. The molecule has 5 aliphatic rings. The first kappa shape index (κ1) is 22.3. The molecule has 0 aromatic carbocycles. The summed E-state index contributed by atoms with van der Waals surface area (Å²) in [6.07, 6.45) is 7.81. The van der Waals surface area contributed by atoms with E-state index in [1.54, 1.807) is 12.4 Å². The highest BCUT2D eigenvalue weighted by Gasteiger charge is 2.59. The Kier molecular flexibility index (Phi) is 4.53. The zero-order valence-electron chi connectivity index (χ0n) is 20.8. The topological polar surface area (TPSA) is 98.7 Å². The van der Waals surface area contributed by atoms with E-state index in [1.807, 2.05) is 4.90 Å². The molecular weight excluding hydrogens is 430 g/mol. The molecule has 1 aromatic heterocycles. The summed E-state index contributed by atoms with van der Waals surface area (Å²) >= 11 is 0. The molecule has 6 rings (SSSR count). The van der Waals surface area contributed by atoms with E-state index in [2.05, 4.69) is 47.9 Å². The van der Waals surface area contributed by atoms with E-state index in [9.17, 15) is 14.7 Å². The summed E-state index contributed by atoms with van der Waals surface area (Å²) in [5.74, 6) is 1.01. The van der Waals surface area contributed by atoms with Crippen LogP contribution in [0, 0.1) is 27.6 Å². The zero-order chi connectivity index (χ0) is 24.1. The molecule has 8 heteroatoms. The van der Waals surface area contributed by atoms with Crippen LogP contribution in [-0.2, 0) is 4.79 Å². The molecular formula is C26H37N5O3. The predicted molar refractivity (Wildman–Crippen MR) is 127 cm³/mol. The van der Waals surface area contributed by atoms with E-state index in [0.29, 0.717) is 17.4 Å². The SMILES string of the molecule is CC1(C)CC(C)(C)C1NC(=O)c1cnc(N2CC3(CC(C(=O)N4CC5(CC(O)C5)C4)C3)C2)nc1. The van der Waals surface area contributed by atoms with Gasteiger partial charge in [0.1, 0.15) is 0 Å². The third-order valence-corrected chi connectivity index (χ3v) is 9.39. The van der Waals surface area contributed by atoms with Crippen LogP contribution < -0.4 is 10.2 Å². The molecule has 3 aliphatic carbocycles. The maximum Gasteiger partial charge on any atom is 0.254 e. The van der Waals surface area contributed by atoms with Crippen molar-refractivity contribution in [1.82, 2.24) is 20.2 Å². The van der Waals surface area contributed by atoms with Gasteiger partial charge >= 0.3 is 0 Å². The molecule has 0 bridgehead atoms. The van der Waals surface area contributed by atoms with Gasteiger partial charge in [-0.05, 0) is 42.9 Å². The maximum absolute atomic E-state index is 12.8. The largest absolute Gasteiger partial charge is 0.393 e. The number of hydrogen-bond donors (Lipinski definition) is 2. The molecule has 2 aliphatic heterocycles. The van der Waals surface area contributed by atoms with Crippen LogP contribution in [0.2, 0.25) is 0 Å². The number of rotatable bonds is 4. The van der Waals surface area contributed by atoms with Crippen LogP contribution in [0.5, 0.6) is 0 Å². The second kappa shape index (κ2) is 6.93. The lowest BCUT2D eigenvalue weighted by Gasteiger charge is -2.62. The van der Waals surface area contributed by atoms with Crippen molar-refractivity contribution in [2.45, 2.75) is 71.9 Å². The molecule has 34 heavy (non-hydrogen) atoms. The average Bonchev–Trinajstić information content (AvgIpc) is 2.64. The minimum absolute atomic E-state index is 0.102. The van der Waals surface area contributed by atoms with Crippen molar-refractivity contribution in [3.63, 3.8) is 0 Å². The molecule has 8 nitrogen and oxygen atoms in total. The number of amides is 2. The maximum atomic E-state index is 12.8. The minimum Gasteiger partial charge on any atom is -0.393 e. The van der Waals surface area contributed by atoms with E-state index in [0.717, 1.165) is 58.3 Å². The summed E-state index contributed by atoms with van der Waals surface area (Å²) in [6, 6.07) is 0.138. The van der Waals surface area contributed by atoms with Crippen molar-refractivity contribution in [1.29, 1.82) is 0 Å². The molecule has 1 aromatic rings. The fourth-order valence-electron chi connectivity index (χ4n) is 8.21. The molecule has 2 N–H and O–H groups in total. The average molecular weight is 468 g/mol. The predicted octanol–water partition coefficient (Wildman–Crippen LogP) is 2.23. The van der Waals surface area contributed by atoms with Crippen molar-refractivity contribution in [3.05, 3.63) is 18.0 Å². The second-order valence-electron chi connectivity index (χ2n) is 13.5. The number of hydrogen-bond acceptors (Lipinski definition) is 6. The van der Waals surface area contributed by atoms with E-state index < -0.39 is 0 Å². The van der Waals surface area contributed by atoms with Gasteiger partial charge in [-0.3, -0.25) is 9.59 Å². The zero-order valence-corrected chi connectivity index (χ0v) is 20.8. The van der Waals surface area contributed by atoms with Gasteiger partial charge in [-0.1, -0.05) is 27.7 Å². The molecule has 0 unspecified atom stereocenters. The molecule has 3 saturated carbocycles. The Bertz CT molecular complexity index is 993. The third kappa shape index (κ3) is 3.35. The number of anilines is 1. The van der Waals surface area contributed by atoms with Crippen LogP contribution in [0.15, 0.2) is 12.4 Å². The summed E-state index contributed by atoms with van der Waals surface area (Å²) in [7, 11) is 0. The molecule has 0 radical (unpaired) electrons. The molecule has 5 fully saturated rings. The summed E-state index contributed by atoms with van der Waals surface area (Å²) in [4.78, 5) is 38.6. The number of likely N-dealkylation sites (tertiary alicyclic amines) is 1. The van der Waals surface area contributed by atoms with Gasteiger partial charge in [-0.25, -0.2) is 9.97 Å². The Hall–Kier alpha value is -2.22. The van der Waals surface area contributed by atoms with Crippen LogP contribution in [0.4, 0.5) is 5.95 Å². The molecule has 184 valence electrons. The highest BCUT2D eigenvalue weighted by Crippen LogP contribution is 2.55. The van der Waals surface area contributed by atoms with Gasteiger partial charge in [-0.15, -0.1) is 0 Å². The Morgan fingerprint density at radius 2 is 1.50 bits per heavy atom. The number of aliphatic hydroxyl groups is 1. The van der Waals surface area contributed by atoms with Gasteiger partial charge in [-0.2, -0.15) is 0 Å². The van der Waals surface area contributed by atoms with Gasteiger partial charge in [0.2, 0.25) is 11.9 Å². The van der Waals surface area contributed by atoms with E-state index >= 15 is 0 Å². The van der Waals surface area contributed by atoms with Crippen molar-refractivity contribution < 1.29 is 14.7 Å². The summed E-state index contributed by atoms with van der Waals surface area (Å²) < 4.78 is 0. The van der Waals surface area contributed by atoms with Crippen LogP contribution in [0.3, 0.4) is 0 Å². The van der Waals surface area contributed by atoms with Crippen LogP contribution in [0.25, 0.3) is 0 Å². The number of aromatic nitrogens is 2. The number of nitrogens with zero attached hydrogens (tertiary/aromatic N) is 4. The van der Waals surface area contributed by atoms with E-state index in [1.165, 1.54) is 0 Å². The van der Waals surface area contributed by atoms with Gasteiger partial charge in [0.25, 0.3) is 5.91 Å². The van der Waals surface area contributed by atoms with Gasteiger partial charge in [0.05, 0.1) is 11.7 Å². The monoisotopic (exact) mass is 467 g/mol. The number of carbonyl (C=O) groups is 2. The first-order valence-electron chi connectivity index (χ1n) is 12.7. The minimum atomic E-state index is -0.155. The Morgan fingerprint density at radius 3 is 2.03 bits per heavy atom. The molecule has 2 spiro atoms. The van der Waals surface area contributed by atoms with Gasteiger partial charge in [0, 0.05) is 61.4 Å². The normalized spacial score (nSPS) is 28.4. The molecule has 2 amide bonds. The van der Waals surface area contributed by atoms with E-state index in [-0.39, 0.29) is 45.6 Å². The van der Waals surface area contributed by atoms with Crippen molar-refractivity contribution >= 4 is 17.8 Å². The Morgan fingerprint density at radius 1 is 0.941 bits per heavy atom. The highest BCUT2D eigenvalue weighted by atomic mass is 16.3. The Balaban J connectivity index is 0.974. The van der Waals surface area contributed by atoms with Crippen molar-refractivity contribution in [2.75, 3.05) is 31.1 Å². The summed E-state index contributed by atoms with van der Waals surface area (Å²) in [5.41, 5.74) is 1.15. The summed E-state index contributed by atoms with van der Waals surface area (Å²) in [6.45, 7) is 12.2. The number of nitrogens with one attached hydrogen (secondary N) is 1. The molecule has 3 heterocycles. The van der Waals surface area contributed by atoms with Crippen molar-refractivity contribution in [2.24, 2.45) is 27.6 Å². The highest BCUT2D eigenvalue weighted by molar-refractivity contribution is 5.94. The second-order valence-corrected chi connectivity index (χ2v) is 13.5. The quantitative estimate of drug-likeness (QED) is 0.705. The van der Waals surface area contributed by atoms with Gasteiger partial charge in [0.15, 0.2) is 0 Å². The van der Waals surface area contributed by atoms with Crippen molar-refractivity contribution in [3.8, 4) is 0 Å². The molecule has 0 atom stereocenters. The number of aliphatic hydroxyl groups excluding tert-OH is 1. The van der Waals surface area contributed by atoms with Gasteiger partial charge < -0.3 is 20.2 Å². The van der Waals surface area contributed by atoms with E-state index in [4.69, 9.17) is 0 Å². The smallest absolute Gasteiger partial charge is 0.254 e. The molecule has 2 saturated heterocycles. The Labute approximate surface area is 201 Å². The first-order chi connectivity index (χ1) is 15.9. The van der Waals surface area contributed by atoms with Crippen LogP contribution >= 0.6 is 0 Å². The lowest BCUT2D eigenvalue weighted by molar-refractivity contribution is -0.174. The lowest BCUT2D eigenvalue weighted by Crippen LogP contribution is -2.69. The van der Waals surface area contributed by atoms with Crippen LogP contribution in [0.1, 0.15) is 70.2 Å². The third-order valence-electron chi connectivity index (χ3n) is 9.39. The summed E-state index contributed by atoms with van der Waals surface area (Å²) in [5, 5.41) is 12.7. The fraction of sp³-hybridized carbons (Fsp3) is 0.769. The number of carbonyl (C=O) groups excluding carboxylic acids is 2. The lowest BCUT2D eigenvalue weighted by atomic mass is 9.52. The standard InChI is InChI=1S/C26H37N5O3/c1-23(2)11-24(3,4)21(23)29-19(33)17-9-27-22(28-10-17)31-14-25(15-31)5-16(6-25)20(34)30-12-26(13-30)7-18(32)8-26/h9-10,16,18,21,32H,5-8,11-15H2,1-4H3,(H,29,33). The first-order valence-corrected chi connectivity index (χ1v) is 12.7.